The third-order valence-corrected chi connectivity index (χ3v) is 4.50. The summed E-state index contributed by atoms with van der Waals surface area (Å²) in [6, 6.07) is 14.5. The number of guanidine groups is 1. The number of hydrogen-bond donors (Lipinski definition) is 3. The van der Waals surface area contributed by atoms with Crippen molar-refractivity contribution in [2.24, 2.45) is 4.99 Å². The molecule has 142 valence electrons. The van der Waals surface area contributed by atoms with Crippen molar-refractivity contribution in [1.82, 2.24) is 10.6 Å². The van der Waals surface area contributed by atoms with E-state index in [1.165, 1.54) is 22.3 Å². The molecule has 26 heavy (non-hydrogen) atoms. The minimum absolute atomic E-state index is 0. The van der Waals surface area contributed by atoms with E-state index in [0.29, 0.717) is 6.54 Å². The van der Waals surface area contributed by atoms with Crippen LogP contribution in [-0.2, 0) is 6.54 Å². The van der Waals surface area contributed by atoms with E-state index >= 15 is 0 Å². The molecule has 0 fully saturated rings. The van der Waals surface area contributed by atoms with Gasteiger partial charge in [0.25, 0.3) is 0 Å². The average molecular weight is 467 g/mol. The van der Waals surface area contributed by atoms with Gasteiger partial charge in [0.05, 0.1) is 6.61 Å². The van der Waals surface area contributed by atoms with Gasteiger partial charge < -0.3 is 15.7 Å². The molecule has 0 aliphatic rings. The zero-order valence-corrected chi connectivity index (χ0v) is 18.4. The first-order valence-corrected chi connectivity index (χ1v) is 8.72. The van der Waals surface area contributed by atoms with E-state index in [0.717, 1.165) is 18.1 Å². The molecule has 0 radical (unpaired) electrons. The Morgan fingerprint density at radius 3 is 2.19 bits per heavy atom. The molecule has 1 unspecified atom stereocenters. The van der Waals surface area contributed by atoms with Gasteiger partial charge in [0.2, 0.25) is 0 Å². The Labute approximate surface area is 174 Å². The Kier molecular flexibility index (Phi) is 9.65. The predicted molar refractivity (Wildman–Crippen MR) is 121 cm³/mol. The maximum atomic E-state index is 9.67. The van der Waals surface area contributed by atoms with Crippen LogP contribution in [0.2, 0.25) is 0 Å². The molecule has 0 spiro atoms. The number of nitrogens with zero attached hydrogens (tertiary/aromatic N) is 1. The Hall–Kier alpha value is -1.60. The summed E-state index contributed by atoms with van der Waals surface area (Å²) < 4.78 is 0. The number of halogens is 1. The highest BCUT2D eigenvalue weighted by Crippen LogP contribution is 2.16. The van der Waals surface area contributed by atoms with Crippen LogP contribution in [0.3, 0.4) is 0 Å². The largest absolute Gasteiger partial charge is 0.396 e. The fourth-order valence-corrected chi connectivity index (χ4v) is 3.11. The van der Waals surface area contributed by atoms with Crippen LogP contribution in [0.4, 0.5) is 0 Å². The highest BCUT2D eigenvalue weighted by molar-refractivity contribution is 14.0. The molecule has 2 aromatic carbocycles. The third kappa shape index (κ3) is 6.29. The highest BCUT2D eigenvalue weighted by Gasteiger charge is 2.11. The van der Waals surface area contributed by atoms with Crippen molar-refractivity contribution < 1.29 is 5.11 Å². The van der Waals surface area contributed by atoms with Gasteiger partial charge in [0.1, 0.15) is 0 Å². The standard InChI is InChI=1S/C21H29N3O.HI/c1-15-10-16(2)20(17(3)11-15)13-24-21(22-4)23-12-19(14-25)18-8-6-5-7-9-18;/h5-11,19,25H,12-14H2,1-4H3,(H2,22,23,24);1H. The summed E-state index contributed by atoms with van der Waals surface area (Å²) in [6.45, 7) is 7.87. The second-order valence-corrected chi connectivity index (χ2v) is 6.47. The Balaban J connectivity index is 0.00000338. The summed E-state index contributed by atoms with van der Waals surface area (Å²) in [7, 11) is 1.76. The zero-order valence-electron chi connectivity index (χ0n) is 16.0. The van der Waals surface area contributed by atoms with E-state index in [1.54, 1.807) is 7.05 Å². The van der Waals surface area contributed by atoms with E-state index in [9.17, 15) is 5.11 Å². The van der Waals surface area contributed by atoms with Crippen LogP contribution in [0.1, 0.15) is 33.7 Å². The van der Waals surface area contributed by atoms with Crippen LogP contribution >= 0.6 is 24.0 Å². The van der Waals surface area contributed by atoms with Gasteiger partial charge in [-0.05, 0) is 43.0 Å². The molecule has 5 heteroatoms. The molecule has 0 aliphatic heterocycles. The highest BCUT2D eigenvalue weighted by atomic mass is 127. The first kappa shape index (κ1) is 22.4. The Morgan fingerprint density at radius 2 is 1.65 bits per heavy atom. The normalized spacial score (nSPS) is 12.3. The molecule has 2 aromatic rings. The van der Waals surface area contributed by atoms with Gasteiger partial charge in [0, 0.05) is 26.1 Å². The van der Waals surface area contributed by atoms with Gasteiger partial charge in [-0.2, -0.15) is 0 Å². The quantitative estimate of drug-likeness (QED) is 0.345. The van der Waals surface area contributed by atoms with Gasteiger partial charge >= 0.3 is 0 Å². The Bertz CT molecular complexity index is 693. The number of aliphatic hydroxyl groups excluding tert-OH is 1. The summed E-state index contributed by atoms with van der Waals surface area (Å²) in [5.41, 5.74) is 6.29. The lowest BCUT2D eigenvalue weighted by Gasteiger charge is -2.19. The minimum Gasteiger partial charge on any atom is -0.396 e. The smallest absolute Gasteiger partial charge is 0.191 e. The van der Waals surface area contributed by atoms with E-state index in [2.05, 4.69) is 48.5 Å². The van der Waals surface area contributed by atoms with Crippen LogP contribution in [0.25, 0.3) is 0 Å². The van der Waals surface area contributed by atoms with E-state index in [-0.39, 0.29) is 36.5 Å². The van der Waals surface area contributed by atoms with Crippen LogP contribution in [0.5, 0.6) is 0 Å². The summed E-state index contributed by atoms with van der Waals surface area (Å²) >= 11 is 0. The minimum atomic E-state index is 0. The molecule has 3 N–H and O–H groups in total. The van der Waals surface area contributed by atoms with Crippen molar-refractivity contribution in [2.45, 2.75) is 33.2 Å². The molecule has 0 saturated carbocycles. The van der Waals surface area contributed by atoms with Crippen molar-refractivity contribution >= 4 is 29.9 Å². The predicted octanol–water partition coefficient (Wildman–Crippen LogP) is 3.67. The van der Waals surface area contributed by atoms with E-state index in [1.807, 2.05) is 30.3 Å². The third-order valence-electron chi connectivity index (χ3n) is 4.50. The second-order valence-electron chi connectivity index (χ2n) is 6.47. The molecular weight excluding hydrogens is 437 g/mol. The maximum Gasteiger partial charge on any atom is 0.191 e. The van der Waals surface area contributed by atoms with E-state index in [4.69, 9.17) is 0 Å². The first-order valence-electron chi connectivity index (χ1n) is 8.72. The monoisotopic (exact) mass is 467 g/mol. The van der Waals surface area contributed by atoms with Gasteiger partial charge in [-0.25, -0.2) is 0 Å². The average Bonchev–Trinajstić information content (AvgIpc) is 2.60. The van der Waals surface area contributed by atoms with Gasteiger partial charge in [-0.1, -0.05) is 48.0 Å². The number of aryl methyl sites for hydroxylation is 3. The number of benzene rings is 2. The number of hydrogen-bond acceptors (Lipinski definition) is 2. The van der Waals surface area contributed by atoms with E-state index < -0.39 is 0 Å². The van der Waals surface area contributed by atoms with Crippen molar-refractivity contribution in [1.29, 1.82) is 0 Å². The van der Waals surface area contributed by atoms with Crippen molar-refractivity contribution in [3.05, 3.63) is 70.3 Å². The SMILES string of the molecule is CN=C(NCc1c(C)cc(C)cc1C)NCC(CO)c1ccccc1.I. The van der Waals surface area contributed by atoms with Crippen LogP contribution in [-0.4, -0.2) is 31.3 Å². The van der Waals surface area contributed by atoms with Crippen LogP contribution < -0.4 is 10.6 Å². The zero-order chi connectivity index (χ0) is 18.2. The molecule has 0 aromatic heterocycles. The fourth-order valence-electron chi connectivity index (χ4n) is 3.11. The number of aliphatic imine (C=N–C) groups is 1. The second kappa shape index (κ2) is 11.2. The lowest BCUT2D eigenvalue weighted by atomic mass is 10.00. The van der Waals surface area contributed by atoms with Gasteiger partial charge in [-0.3, -0.25) is 4.99 Å². The summed E-state index contributed by atoms with van der Waals surface area (Å²) in [4.78, 5) is 4.29. The first-order chi connectivity index (χ1) is 12.0. The molecule has 0 bridgehead atoms. The van der Waals surface area contributed by atoms with Gasteiger partial charge in [0.15, 0.2) is 5.96 Å². The number of nitrogens with one attached hydrogen (secondary N) is 2. The van der Waals surface area contributed by atoms with Crippen molar-refractivity contribution in [2.75, 3.05) is 20.2 Å². The van der Waals surface area contributed by atoms with Crippen LogP contribution in [0, 0.1) is 20.8 Å². The number of aliphatic hydroxyl groups is 1. The Morgan fingerprint density at radius 1 is 1.04 bits per heavy atom. The fraction of sp³-hybridized carbons (Fsp3) is 0.381. The summed E-state index contributed by atoms with van der Waals surface area (Å²) in [5.74, 6) is 0.788. The van der Waals surface area contributed by atoms with Gasteiger partial charge in [-0.15, -0.1) is 24.0 Å². The molecule has 0 amide bonds. The van der Waals surface area contributed by atoms with Crippen LogP contribution in [0.15, 0.2) is 47.5 Å². The molecule has 0 aliphatic carbocycles. The molecule has 1 atom stereocenters. The molecule has 4 nitrogen and oxygen atoms in total. The maximum absolute atomic E-state index is 9.67. The topological polar surface area (TPSA) is 56.7 Å². The molecule has 2 rings (SSSR count). The number of rotatable bonds is 6. The summed E-state index contributed by atoms with van der Waals surface area (Å²) in [6.07, 6.45) is 0. The molecular formula is C21H30IN3O. The lowest BCUT2D eigenvalue weighted by Crippen LogP contribution is -2.39. The van der Waals surface area contributed by atoms with Crippen molar-refractivity contribution in [3.8, 4) is 0 Å². The molecule has 0 heterocycles. The summed E-state index contributed by atoms with van der Waals surface area (Å²) in [5, 5.41) is 16.4. The lowest BCUT2D eigenvalue weighted by molar-refractivity contribution is 0.265. The van der Waals surface area contributed by atoms with Crippen molar-refractivity contribution in [3.63, 3.8) is 0 Å². The molecule has 0 saturated heterocycles.